The summed E-state index contributed by atoms with van der Waals surface area (Å²) in [5.41, 5.74) is 1.78. The number of methoxy groups -OCH3 is 1. The number of rotatable bonds is 4. The molecular formula is C14H12Br2FNO. The van der Waals surface area contributed by atoms with E-state index in [0.717, 1.165) is 21.5 Å². The van der Waals surface area contributed by atoms with Crippen molar-refractivity contribution >= 4 is 37.5 Å². The van der Waals surface area contributed by atoms with Gasteiger partial charge in [-0.05, 0) is 55.6 Å². The van der Waals surface area contributed by atoms with Gasteiger partial charge < -0.3 is 10.1 Å². The minimum atomic E-state index is -0.257. The number of hydrogen-bond donors (Lipinski definition) is 1. The third-order valence-electron chi connectivity index (χ3n) is 2.67. The van der Waals surface area contributed by atoms with Gasteiger partial charge in [0.15, 0.2) is 0 Å². The van der Waals surface area contributed by atoms with E-state index in [-0.39, 0.29) is 5.82 Å². The van der Waals surface area contributed by atoms with Gasteiger partial charge >= 0.3 is 0 Å². The van der Waals surface area contributed by atoms with Gasteiger partial charge in [-0.15, -0.1) is 0 Å². The molecule has 1 N–H and O–H groups in total. The van der Waals surface area contributed by atoms with Gasteiger partial charge in [-0.3, -0.25) is 0 Å². The second kappa shape index (κ2) is 6.39. The van der Waals surface area contributed by atoms with Gasteiger partial charge in [0, 0.05) is 18.3 Å². The quantitative estimate of drug-likeness (QED) is 0.798. The fraction of sp³-hybridized carbons (Fsp3) is 0.143. The first-order chi connectivity index (χ1) is 9.11. The molecule has 5 heteroatoms. The lowest BCUT2D eigenvalue weighted by Crippen LogP contribution is -2.01. The van der Waals surface area contributed by atoms with Gasteiger partial charge in [0.1, 0.15) is 11.6 Å². The third kappa shape index (κ3) is 3.48. The molecule has 0 heterocycles. The molecule has 0 atom stereocenters. The number of benzene rings is 2. The largest absolute Gasteiger partial charge is 0.495 e. The summed E-state index contributed by atoms with van der Waals surface area (Å²) < 4.78 is 20.0. The van der Waals surface area contributed by atoms with Gasteiger partial charge in [0.25, 0.3) is 0 Å². The minimum absolute atomic E-state index is 0.257. The molecule has 0 radical (unpaired) electrons. The van der Waals surface area contributed by atoms with Crippen molar-refractivity contribution in [2.45, 2.75) is 6.54 Å². The minimum Gasteiger partial charge on any atom is -0.495 e. The molecule has 100 valence electrons. The van der Waals surface area contributed by atoms with E-state index >= 15 is 0 Å². The molecule has 0 saturated carbocycles. The van der Waals surface area contributed by atoms with Crippen LogP contribution in [-0.4, -0.2) is 7.11 Å². The molecule has 0 bridgehead atoms. The van der Waals surface area contributed by atoms with E-state index in [1.807, 2.05) is 24.3 Å². The van der Waals surface area contributed by atoms with E-state index < -0.39 is 0 Å². The van der Waals surface area contributed by atoms with Crippen molar-refractivity contribution in [3.8, 4) is 5.75 Å². The molecule has 0 aliphatic carbocycles. The molecule has 2 aromatic rings. The highest BCUT2D eigenvalue weighted by Crippen LogP contribution is 2.28. The predicted molar refractivity (Wildman–Crippen MR) is 82.1 cm³/mol. The second-order valence-corrected chi connectivity index (χ2v) is 5.56. The lowest BCUT2D eigenvalue weighted by molar-refractivity contribution is 0.412. The molecule has 19 heavy (non-hydrogen) atoms. The van der Waals surface area contributed by atoms with Crippen LogP contribution >= 0.6 is 31.9 Å². The Balaban J connectivity index is 2.12. The first-order valence-electron chi connectivity index (χ1n) is 5.62. The molecule has 2 rings (SSSR count). The topological polar surface area (TPSA) is 21.3 Å². The average Bonchev–Trinajstić information content (AvgIpc) is 2.42. The molecular weight excluding hydrogens is 377 g/mol. The van der Waals surface area contributed by atoms with E-state index in [0.29, 0.717) is 11.0 Å². The average molecular weight is 389 g/mol. The molecule has 2 nitrogen and oxygen atoms in total. The van der Waals surface area contributed by atoms with E-state index in [9.17, 15) is 4.39 Å². The Morgan fingerprint density at radius 3 is 2.74 bits per heavy atom. The molecule has 0 aliphatic heterocycles. The maximum absolute atomic E-state index is 13.4. The SMILES string of the molecule is COc1cc(NCc2cccc(F)c2Br)ccc1Br. The van der Waals surface area contributed by atoms with Gasteiger partial charge in [-0.2, -0.15) is 0 Å². The van der Waals surface area contributed by atoms with E-state index in [1.165, 1.54) is 6.07 Å². The van der Waals surface area contributed by atoms with Crippen molar-refractivity contribution < 1.29 is 9.13 Å². The summed E-state index contributed by atoms with van der Waals surface area (Å²) in [6, 6.07) is 10.7. The van der Waals surface area contributed by atoms with Crippen molar-refractivity contribution in [1.29, 1.82) is 0 Å². The van der Waals surface area contributed by atoms with Crippen LogP contribution < -0.4 is 10.1 Å². The number of halogens is 3. The second-order valence-electron chi connectivity index (χ2n) is 3.92. The lowest BCUT2D eigenvalue weighted by atomic mass is 10.2. The van der Waals surface area contributed by atoms with Crippen molar-refractivity contribution in [2.24, 2.45) is 0 Å². The fourth-order valence-electron chi connectivity index (χ4n) is 1.65. The molecule has 0 unspecified atom stereocenters. The third-order valence-corrected chi connectivity index (χ3v) is 4.21. The summed E-state index contributed by atoms with van der Waals surface area (Å²) in [5.74, 6) is 0.496. The van der Waals surface area contributed by atoms with Crippen LogP contribution in [-0.2, 0) is 6.54 Å². The van der Waals surface area contributed by atoms with Crippen molar-refractivity contribution in [3.05, 3.63) is 56.7 Å². The number of anilines is 1. The van der Waals surface area contributed by atoms with E-state index in [4.69, 9.17) is 4.74 Å². The predicted octanol–water partition coefficient (Wildman–Crippen LogP) is 4.97. The number of nitrogens with one attached hydrogen (secondary N) is 1. The summed E-state index contributed by atoms with van der Waals surface area (Å²) in [6.45, 7) is 0.531. The molecule has 0 amide bonds. The summed E-state index contributed by atoms with van der Waals surface area (Å²) in [5, 5.41) is 3.23. The Bertz CT molecular complexity index is 590. The highest BCUT2D eigenvalue weighted by atomic mass is 79.9. The van der Waals surface area contributed by atoms with E-state index in [2.05, 4.69) is 37.2 Å². The Kier molecular flexibility index (Phi) is 4.82. The fourth-order valence-corrected chi connectivity index (χ4v) is 2.47. The zero-order valence-electron chi connectivity index (χ0n) is 10.2. The van der Waals surface area contributed by atoms with Crippen molar-refractivity contribution in [3.63, 3.8) is 0 Å². The standard InChI is InChI=1S/C14H12Br2FNO/c1-19-13-7-10(5-6-11(13)15)18-8-9-3-2-4-12(17)14(9)16/h2-7,18H,8H2,1H3. The summed E-state index contributed by atoms with van der Waals surface area (Å²) in [4.78, 5) is 0. The Labute approximate surface area is 128 Å². The van der Waals surface area contributed by atoms with Gasteiger partial charge in [0.2, 0.25) is 0 Å². The zero-order chi connectivity index (χ0) is 13.8. The molecule has 0 aliphatic rings. The van der Waals surface area contributed by atoms with Crippen LogP contribution in [0.5, 0.6) is 5.75 Å². The molecule has 0 fully saturated rings. The van der Waals surface area contributed by atoms with Gasteiger partial charge in [-0.1, -0.05) is 12.1 Å². The maximum atomic E-state index is 13.4. The van der Waals surface area contributed by atoms with Crippen LogP contribution in [0.25, 0.3) is 0 Å². The van der Waals surface area contributed by atoms with Gasteiger partial charge in [0.05, 0.1) is 16.1 Å². The van der Waals surface area contributed by atoms with Crippen LogP contribution in [0.3, 0.4) is 0 Å². The lowest BCUT2D eigenvalue weighted by Gasteiger charge is -2.11. The first kappa shape index (κ1) is 14.3. The Hall–Kier alpha value is -1.07. The smallest absolute Gasteiger partial charge is 0.137 e. The molecule has 0 saturated heterocycles. The maximum Gasteiger partial charge on any atom is 0.137 e. The first-order valence-corrected chi connectivity index (χ1v) is 7.20. The molecule has 0 aromatic heterocycles. The highest BCUT2D eigenvalue weighted by Gasteiger charge is 2.06. The van der Waals surface area contributed by atoms with Crippen LogP contribution in [0.1, 0.15) is 5.56 Å². The van der Waals surface area contributed by atoms with Crippen LogP contribution in [0.15, 0.2) is 45.3 Å². The highest BCUT2D eigenvalue weighted by molar-refractivity contribution is 9.10. The summed E-state index contributed by atoms with van der Waals surface area (Å²) in [7, 11) is 1.62. The van der Waals surface area contributed by atoms with Crippen molar-refractivity contribution in [2.75, 3.05) is 12.4 Å². The zero-order valence-corrected chi connectivity index (χ0v) is 13.4. The number of hydrogen-bond acceptors (Lipinski definition) is 2. The van der Waals surface area contributed by atoms with Crippen LogP contribution in [0.4, 0.5) is 10.1 Å². The van der Waals surface area contributed by atoms with E-state index in [1.54, 1.807) is 13.2 Å². The Morgan fingerprint density at radius 1 is 1.21 bits per heavy atom. The summed E-state index contributed by atoms with van der Waals surface area (Å²) >= 11 is 6.64. The van der Waals surface area contributed by atoms with Crippen LogP contribution in [0.2, 0.25) is 0 Å². The summed E-state index contributed by atoms with van der Waals surface area (Å²) in [6.07, 6.45) is 0. The monoisotopic (exact) mass is 387 g/mol. The van der Waals surface area contributed by atoms with Gasteiger partial charge in [-0.25, -0.2) is 4.39 Å². The Morgan fingerprint density at radius 2 is 2.00 bits per heavy atom. The normalized spacial score (nSPS) is 10.3. The molecule has 2 aromatic carbocycles. The number of ether oxygens (including phenoxy) is 1. The van der Waals surface area contributed by atoms with Crippen molar-refractivity contribution in [1.82, 2.24) is 0 Å². The van der Waals surface area contributed by atoms with Crippen LogP contribution in [0, 0.1) is 5.82 Å². The molecule has 0 spiro atoms.